The molecular weight excluding hydrogens is 725 g/mol. The van der Waals surface area contributed by atoms with Gasteiger partial charge in [0.15, 0.2) is 0 Å². The Balaban J connectivity index is 1.00. The van der Waals surface area contributed by atoms with Crippen LogP contribution in [-0.2, 0) is 0 Å². The molecular formula is C53H32N4S. The van der Waals surface area contributed by atoms with Gasteiger partial charge in [0.05, 0.1) is 37.8 Å². The second kappa shape index (κ2) is 12.0. The number of pyridine rings is 1. The zero-order valence-corrected chi connectivity index (χ0v) is 32.0. The van der Waals surface area contributed by atoms with Gasteiger partial charge in [-0.1, -0.05) is 109 Å². The SMILES string of the molecule is c1ccc(-n2c3ccccc3c3c(-c4ccc5c(c4)c4ccccc4n5-c4ccc5sc6cnc(-n7c8ccccc8c8ccccc87)cc6c5c4)cccc32)cc1. The summed E-state index contributed by atoms with van der Waals surface area (Å²) in [5.41, 5.74) is 11.9. The number of hydrogen-bond donors (Lipinski definition) is 0. The fourth-order valence-corrected chi connectivity index (χ4v) is 10.7. The molecule has 5 aromatic heterocycles. The Morgan fingerprint density at radius 2 is 0.914 bits per heavy atom. The number of para-hydroxylation sites is 5. The summed E-state index contributed by atoms with van der Waals surface area (Å²) in [4.78, 5) is 5.05. The van der Waals surface area contributed by atoms with Crippen molar-refractivity contribution >= 4 is 96.9 Å². The van der Waals surface area contributed by atoms with Crippen LogP contribution in [-0.4, -0.2) is 18.7 Å². The van der Waals surface area contributed by atoms with Gasteiger partial charge in [-0.3, -0.25) is 4.57 Å². The molecule has 0 atom stereocenters. The van der Waals surface area contributed by atoms with Crippen LogP contribution in [0.1, 0.15) is 0 Å². The molecule has 58 heavy (non-hydrogen) atoms. The molecule has 0 aliphatic carbocycles. The number of aromatic nitrogens is 4. The maximum absolute atomic E-state index is 5.05. The van der Waals surface area contributed by atoms with Gasteiger partial charge in [0, 0.05) is 65.4 Å². The van der Waals surface area contributed by atoms with E-state index < -0.39 is 0 Å². The molecule has 0 N–H and O–H groups in total. The lowest BCUT2D eigenvalue weighted by Crippen LogP contribution is -1.96. The van der Waals surface area contributed by atoms with Gasteiger partial charge < -0.3 is 9.13 Å². The molecule has 0 spiro atoms. The summed E-state index contributed by atoms with van der Waals surface area (Å²) in [5, 5.41) is 9.95. The Kier molecular flexibility index (Phi) is 6.57. The number of nitrogens with zero attached hydrogens (tertiary/aromatic N) is 4. The fourth-order valence-electron chi connectivity index (χ4n) is 9.62. The first-order chi connectivity index (χ1) is 28.8. The topological polar surface area (TPSA) is 27.7 Å². The minimum Gasteiger partial charge on any atom is -0.309 e. The Bertz CT molecular complexity index is 3750. The molecule has 0 saturated heterocycles. The molecule has 270 valence electrons. The highest BCUT2D eigenvalue weighted by Gasteiger charge is 2.20. The van der Waals surface area contributed by atoms with Crippen LogP contribution < -0.4 is 0 Å². The average molecular weight is 757 g/mol. The number of rotatable bonds is 4. The van der Waals surface area contributed by atoms with Gasteiger partial charge in [-0.25, -0.2) is 4.98 Å². The molecule has 0 amide bonds. The third kappa shape index (κ3) is 4.42. The minimum absolute atomic E-state index is 0.932. The number of thiophene rings is 1. The Morgan fingerprint density at radius 3 is 1.66 bits per heavy atom. The van der Waals surface area contributed by atoms with Crippen LogP contribution in [0.5, 0.6) is 0 Å². The number of fused-ring (bicyclic) bond motifs is 12. The van der Waals surface area contributed by atoms with Gasteiger partial charge in [0.1, 0.15) is 5.82 Å². The highest BCUT2D eigenvalue weighted by molar-refractivity contribution is 7.25. The van der Waals surface area contributed by atoms with Gasteiger partial charge in [0.2, 0.25) is 0 Å². The van der Waals surface area contributed by atoms with Crippen LogP contribution in [0.25, 0.3) is 114 Å². The monoisotopic (exact) mass is 756 g/mol. The van der Waals surface area contributed by atoms with E-state index in [1.165, 1.54) is 102 Å². The molecule has 5 heteroatoms. The van der Waals surface area contributed by atoms with Crippen molar-refractivity contribution in [1.29, 1.82) is 0 Å². The summed E-state index contributed by atoms with van der Waals surface area (Å²) in [6, 6.07) is 68.6. The largest absolute Gasteiger partial charge is 0.309 e. The Labute approximate surface area is 336 Å². The zero-order valence-electron chi connectivity index (χ0n) is 31.2. The van der Waals surface area contributed by atoms with Crippen LogP contribution in [0.4, 0.5) is 0 Å². The van der Waals surface area contributed by atoms with Crippen molar-refractivity contribution in [3.8, 4) is 28.3 Å². The van der Waals surface area contributed by atoms with Crippen molar-refractivity contribution in [2.24, 2.45) is 0 Å². The Hall–Kier alpha value is -7.47. The van der Waals surface area contributed by atoms with Gasteiger partial charge >= 0.3 is 0 Å². The molecule has 5 heterocycles. The summed E-state index contributed by atoms with van der Waals surface area (Å²) < 4.78 is 9.58. The standard InChI is InChI=1S/C53H32N4S/c1-2-13-34(14-3-1)55-47-23-11-7-18-40(47)53-36(19-12-24-49(53)55)33-25-27-48-41(29-33)39-17-6-8-20-44(39)56(48)35-26-28-50-42(30-35)43-31-52(54-32-51(43)58-50)57-45-21-9-4-15-37(45)38-16-5-10-22-46(38)57/h1-32H. The van der Waals surface area contributed by atoms with E-state index >= 15 is 0 Å². The maximum Gasteiger partial charge on any atom is 0.138 e. The van der Waals surface area contributed by atoms with Crippen LogP contribution in [0.2, 0.25) is 0 Å². The first-order valence-corrected chi connectivity index (χ1v) is 20.5. The molecule has 13 aromatic rings. The molecule has 4 nitrogen and oxygen atoms in total. The second-order valence-electron chi connectivity index (χ2n) is 15.2. The molecule has 8 aromatic carbocycles. The predicted octanol–water partition coefficient (Wildman–Crippen LogP) is 14.4. The van der Waals surface area contributed by atoms with Gasteiger partial charge in [-0.2, -0.15) is 0 Å². The van der Waals surface area contributed by atoms with E-state index in [1.54, 1.807) is 11.3 Å². The third-order valence-corrected chi connectivity index (χ3v) is 13.2. The second-order valence-corrected chi connectivity index (χ2v) is 16.2. The minimum atomic E-state index is 0.932. The first-order valence-electron chi connectivity index (χ1n) is 19.7. The van der Waals surface area contributed by atoms with Crippen LogP contribution in [0, 0.1) is 0 Å². The van der Waals surface area contributed by atoms with E-state index in [4.69, 9.17) is 4.98 Å². The Morgan fingerprint density at radius 1 is 0.345 bits per heavy atom. The highest BCUT2D eigenvalue weighted by Crippen LogP contribution is 2.43. The number of benzene rings is 8. The fraction of sp³-hybridized carbons (Fsp3) is 0. The van der Waals surface area contributed by atoms with Crippen molar-refractivity contribution in [2.45, 2.75) is 0 Å². The molecule has 0 aliphatic rings. The van der Waals surface area contributed by atoms with Crippen molar-refractivity contribution in [1.82, 2.24) is 18.7 Å². The highest BCUT2D eigenvalue weighted by atomic mass is 32.1. The molecule has 0 unspecified atom stereocenters. The van der Waals surface area contributed by atoms with E-state index in [0.717, 1.165) is 11.5 Å². The molecule has 13 rings (SSSR count). The number of hydrogen-bond acceptors (Lipinski definition) is 2. The van der Waals surface area contributed by atoms with E-state index in [-0.39, 0.29) is 0 Å². The van der Waals surface area contributed by atoms with Crippen LogP contribution in [0.15, 0.2) is 194 Å². The van der Waals surface area contributed by atoms with Crippen molar-refractivity contribution < 1.29 is 0 Å². The molecule has 0 radical (unpaired) electrons. The van der Waals surface area contributed by atoms with E-state index in [0.29, 0.717) is 0 Å². The molecule has 0 bridgehead atoms. The third-order valence-electron chi connectivity index (χ3n) is 12.1. The van der Waals surface area contributed by atoms with Gasteiger partial charge in [-0.15, -0.1) is 11.3 Å². The van der Waals surface area contributed by atoms with Gasteiger partial charge in [0.25, 0.3) is 0 Å². The first kappa shape index (κ1) is 31.7. The normalized spacial score (nSPS) is 12.1. The molecule has 0 saturated carbocycles. The van der Waals surface area contributed by atoms with Crippen molar-refractivity contribution in [2.75, 3.05) is 0 Å². The quantitative estimate of drug-likeness (QED) is 0.176. The van der Waals surface area contributed by atoms with E-state index in [2.05, 4.69) is 208 Å². The summed E-state index contributed by atoms with van der Waals surface area (Å²) in [5.74, 6) is 0.932. The lowest BCUT2D eigenvalue weighted by molar-refractivity contribution is 1.09. The van der Waals surface area contributed by atoms with Crippen LogP contribution in [0.3, 0.4) is 0 Å². The predicted molar refractivity (Wildman–Crippen MR) is 246 cm³/mol. The molecule has 0 fully saturated rings. The lowest BCUT2D eigenvalue weighted by Gasteiger charge is -2.10. The van der Waals surface area contributed by atoms with E-state index in [9.17, 15) is 0 Å². The zero-order chi connectivity index (χ0) is 37.9. The summed E-state index contributed by atoms with van der Waals surface area (Å²) >= 11 is 1.81. The maximum atomic E-state index is 5.05. The summed E-state index contributed by atoms with van der Waals surface area (Å²) in [6.45, 7) is 0. The lowest BCUT2D eigenvalue weighted by atomic mass is 9.98. The van der Waals surface area contributed by atoms with E-state index in [1.807, 2.05) is 0 Å². The molecule has 0 aliphatic heterocycles. The van der Waals surface area contributed by atoms with Crippen molar-refractivity contribution in [3.05, 3.63) is 194 Å². The summed E-state index contributed by atoms with van der Waals surface area (Å²) in [6.07, 6.45) is 2.05. The van der Waals surface area contributed by atoms with Crippen molar-refractivity contribution in [3.63, 3.8) is 0 Å². The smallest absolute Gasteiger partial charge is 0.138 e. The average Bonchev–Trinajstić information content (AvgIpc) is 4.02. The summed E-state index contributed by atoms with van der Waals surface area (Å²) in [7, 11) is 0. The van der Waals surface area contributed by atoms with Crippen LogP contribution >= 0.6 is 11.3 Å². The van der Waals surface area contributed by atoms with Gasteiger partial charge in [-0.05, 0) is 90.0 Å².